The first-order valence-electron chi connectivity index (χ1n) is 8.27. The van der Waals surface area contributed by atoms with Gasteiger partial charge in [-0.25, -0.2) is 4.98 Å². The first kappa shape index (κ1) is 17.2. The Morgan fingerprint density at radius 2 is 1.76 bits per heavy atom. The Labute approximate surface area is 153 Å². The van der Waals surface area contributed by atoms with Crippen LogP contribution < -0.4 is 10.6 Å². The van der Waals surface area contributed by atoms with Gasteiger partial charge in [-0.3, -0.25) is 0 Å². The lowest BCUT2D eigenvalue weighted by Crippen LogP contribution is -2.09. The highest BCUT2D eigenvalue weighted by Crippen LogP contribution is 2.25. The van der Waals surface area contributed by atoms with E-state index in [-0.39, 0.29) is 0 Å². The van der Waals surface area contributed by atoms with Crippen LogP contribution in [0.3, 0.4) is 0 Å². The van der Waals surface area contributed by atoms with E-state index in [1.54, 1.807) is 0 Å². The third-order valence-corrected chi connectivity index (χ3v) is 4.34. The fraction of sp³-hybridized carbons (Fsp3) is 0.200. The van der Waals surface area contributed by atoms with Crippen molar-refractivity contribution < 1.29 is 0 Å². The van der Waals surface area contributed by atoms with Crippen LogP contribution in [0.4, 0.5) is 17.5 Å². The third kappa shape index (κ3) is 4.70. The minimum atomic E-state index is 0.563. The molecule has 0 spiro atoms. The van der Waals surface area contributed by atoms with Crippen LogP contribution in [0.15, 0.2) is 54.6 Å². The average Bonchev–Trinajstić information content (AvgIpc) is 2.59. The zero-order chi connectivity index (χ0) is 17.6. The largest absolute Gasteiger partial charge is 0.370 e. The van der Waals surface area contributed by atoms with Gasteiger partial charge in [-0.05, 0) is 43.5 Å². The van der Waals surface area contributed by atoms with Crippen LogP contribution in [0.25, 0.3) is 0 Å². The molecule has 0 bridgehead atoms. The maximum absolute atomic E-state index is 6.18. The van der Waals surface area contributed by atoms with Crippen molar-refractivity contribution in [1.82, 2.24) is 9.97 Å². The van der Waals surface area contributed by atoms with Gasteiger partial charge in [0.1, 0.15) is 5.82 Å². The molecule has 25 heavy (non-hydrogen) atoms. The molecular weight excluding hydrogens is 332 g/mol. The zero-order valence-corrected chi connectivity index (χ0v) is 15.1. The van der Waals surface area contributed by atoms with Crippen molar-refractivity contribution in [2.24, 2.45) is 0 Å². The molecule has 3 rings (SSSR count). The molecule has 2 aromatic carbocycles. The van der Waals surface area contributed by atoms with Gasteiger partial charge in [0.15, 0.2) is 0 Å². The summed E-state index contributed by atoms with van der Waals surface area (Å²) in [5, 5.41) is 7.35. The highest BCUT2D eigenvalue weighted by Gasteiger charge is 2.06. The van der Waals surface area contributed by atoms with E-state index in [9.17, 15) is 0 Å². The van der Waals surface area contributed by atoms with E-state index in [1.807, 2.05) is 44.2 Å². The fourth-order valence-electron chi connectivity index (χ4n) is 2.56. The van der Waals surface area contributed by atoms with Crippen molar-refractivity contribution in [3.8, 4) is 0 Å². The normalized spacial score (nSPS) is 10.5. The Morgan fingerprint density at radius 1 is 0.960 bits per heavy atom. The van der Waals surface area contributed by atoms with Gasteiger partial charge in [-0.2, -0.15) is 4.98 Å². The topological polar surface area (TPSA) is 49.8 Å². The van der Waals surface area contributed by atoms with E-state index in [1.165, 1.54) is 5.56 Å². The highest BCUT2D eigenvalue weighted by molar-refractivity contribution is 6.31. The lowest BCUT2D eigenvalue weighted by Gasteiger charge is -2.12. The number of rotatable bonds is 6. The molecule has 0 aliphatic carbocycles. The lowest BCUT2D eigenvalue weighted by molar-refractivity contribution is 0.994. The van der Waals surface area contributed by atoms with Gasteiger partial charge in [-0.1, -0.05) is 48.0 Å². The Balaban J connectivity index is 1.69. The molecule has 128 valence electrons. The van der Waals surface area contributed by atoms with Crippen molar-refractivity contribution in [1.29, 1.82) is 0 Å². The number of hydrogen-bond acceptors (Lipinski definition) is 4. The Morgan fingerprint density at radius 3 is 2.56 bits per heavy atom. The molecule has 5 heteroatoms. The van der Waals surface area contributed by atoms with Crippen LogP contribution in [0.1, 0.15) is 16.8 Å². The predicted molar refractivity (Wildman–Crippen MR) is 105 cm³/mol. The fourth-order valence-corrected chi connectivity index (χ4v) is 2.73. The molecule has 0 fully saturated rings. The summed E-state index contributed by atoms with van der Waals surface area (Å²) in [5.41, 5.74) is 4.09. The van der Waals surface area contributed by atoms with Crippen LogP contribution in [0, 0.1) is 13.8 Å². The molecule has 0 amide bonds. The standard InChI is InChI=1S/C20H21ClN4/c1-14-13-19(22-12-11-16-7-4-3-5-8-16)25-20(23-14)24-18-10-6-9-17(21)15(18)2/h3-10,13H,11-12H2,1-2H3,(H2,22,23,24,25). The SMILES string of the molecule is Cc1cc(NCCc2ccccc2)nc(Nc2cccc(Cl)c2C)n1. The summed E-state index contributed by atoms with van der Waals surface area (Å²) in [7, 11) is 0. The van der Waals surface area contributed by atoms with E-state index >= 15 is 0 Å². The summed E-state index contributed by atoms with van der Waals surface area (Å²) >= 11 is 6.18. The molecule has 3 aromatic rings. The molecule has 1 aromatic heterocycles. The summed E-state index contributed by atoms with van der Waals surface area (Å²) in [6.45, 7) is 4.75. The third-order valence-electron chi connectivity index (χ3n) is 3.93. The number of nitrogens with one attached hydrogen (secondary N) is 2. The highest BCUT2D eigenvalue weighted by atomic mass is 35.5. The van der Waals surface area contributed by atoms with Crippen molar-refractivity contribution >= 4 is 29.1 Å². The summed E-state index contributed by atoms with van der Waals surface area (Å²) in [6, 6.07) is 18.1. The Hall–Kier alpha value is -2.59. The summed E-state index contributed by atoms with van der Waals surface area (Å²) in [6.07, 6.45) is 0.944. The van der Waals surface area contributed by atoms with Crippen molar-refractivity contribution in [2.75, 3.05) is 17.2 Å². The first-order valence-corrected chi connectivity index (χ1v) is 8.65. The van der Waals surface area contributed by atoms with Crippen LogP contribution in [0.5, 0.6) is 0 Å². The monoisotopic (exact) mass is 352 g/mol. The van der Waals surface area contributed by atoms with Crippen LogP contribution in [-0.2, 0) is 6.42 Å². The van der Waals surface area contributed by atoms with Gasteiger partial charge in [0, 0.05) is 29.0 Å². The van der Waals surface area contributed by atoms with Gasteiger partial charge >= 0.3 is 0 Å². The molecule has 0 unspecified atom stereocenters. The summed E-state index contributed by atoms with van der Waals surface area (Å²) < 4.78 is 0. The van der Waals surface area contributed by atoms with Gasteiger partial charge in [0.25, 0.3) is 0 Å². The second-order valence-electron chi connectivity index (χ2n) is 5.92. The average molecular weight is 353 g/mol. The number of hydrogen-bond donors (Lipinski definition) is 2. The number of aryl methyl sites for hydroxylation is 1. The van der Waals surface area contributed by atoms with Crippen molar-refractivity contribution in [3.63, 3.8) is 0 Å². The Bertz CT molecular complexity index is 850. The number of benzene rings is 2. The second kappa shape index (κ2) is 7.99. The first-order chi connectivity index (χ1) is 12.1. The maximum Gasteiger partial charge on any atom is 0.229 e. The Kier molecular flexibility index (Phi) is 5.51. The van der Waals surface area contributed by atoms with E-state index in [0.29, 0.717) is 5.95 Å². The van der Waals surface area contributed by atoms with Gasteiger partial charge in [0.2, 0.25) is 5.95 Å². The van der Waals surface area contributed by atoms with E-state index < -0.39 is 0 Å². The number of nitrogens with zero attached hydrogens (tertiary/aromatic N) is 2. The summed E-state index contributed by atoms with van der Waals surface area (Å²) in [5.74, 6) is 1.37. The summed E-state index contributed by atoms with van der Waals surface area (Å²) in [4.78, 5) is 9.02. The molecule has 2 N–H and O–H groups in total. The lowest BCUT2D eigenvalue weighted by atomic mass is 10.1. The van der Waals surface area contributed by atoms with E-state index in [4.69, 9.17) is 11.6 Å². The van der Waals surface area contributed by atoms with Gasteiger partial charge < -0.3 is 10.6 Å². The zero-order valence-electron chi connectivity index (χ0n) is 14.4. The van der Waals surface area contributed by atoms with Gasteiger partial charge in [0.05, 0.1) is 0 Å². The minimum absolute atomic E-state index is 0.563. The van der Waals surface area contributed by atoms with Crippen LogP contribution in [0.2, 0.25) is 5.02 Å². The minimum Gasteiger partial charge on any atom is -0.370 e. The molecule has 0 atom stereocenters. The van der Waals surface area contributed by atoms with Crippen molar-refractivity contribution in [3.05, 3.63) is 76.4 Å². The number of aromatic nitrogens is 2. The van der Waals surface area contributed by atoms with E-state index in [2.05, 4.69) is 44.9 Å². The number of halogens is 1. The molecular formula is C20H21ClN4. The van der Waals surface area contributed by atoms with Gasteiger partial charge in [-0.15, -0.1) is 0 Å². The predicted octanol–water partition coefficient (Wildman–Crippen LogP) is 5.15. The molecule has 1 heterocycles. The quantitative estimate of drug-likeness (QED) is 0.644. The number of anilines is 3. The molecule has 0 saturated heterocycles. The van der Waals surface area contributed by atoms with Crippen molar-refractivity contribution in [2.45, 2.75) is 20.3 Å². The molecule has 0 radical (unpaired) electrons. The van der Waals surface area contributed by atoms with Crippen LogP contribution >= 0.6 is 11.6 Å². The van der Waals surface area contributed by atoms with E-state index in [0.717, 1.165) is 40.8 Å². The van der Waals surface area contributed by atoms with Crippen LogP contribution in [-0.4, -0.2) is 16.5 Å². The molecule has 0 saturated carbocycles. The second-order valence-corrected chi connectivity index (χ2v) is 6.33. The molecule has 4 nitrogen and oxygen atoms in total. The molecule has 0 aliphatic rings. The molecule has 0 aliphatic heterocycles. The maximum atomic E-state index is 6.18. The smallest absolute Gasteiger partial charge is 0.229 e.